The molecule has 0 spiro atoms. The Kier molecular flexibility index (Phi) is 3.93. The Hall–Kier alpha value is -1.50. The first-order chi connectivity index (χ1) is 10.1. The Balaban J connectivity index is 2.00. The summed E-state index contributed by atoms with van der Waals surface area (Å²) in [5.41, 5.74) is 0.169. The van der Waals surface area contributed by atoms with Gasteiger partial charge in [-0.25, -0.2) is 9.37 Å². The first-order valence-electron chi connectivity index (χ1n) is 5.93. The lowest BCUT2D eigenvalue weighted by Gasteiger charge is -2.02. The van der Waals surface area contributed by atoms with E-state index >= 15 is 0 Å². The summed E-state index contributed by atoms with van der Waals surface area (Å²) >= 11 is 8.32. The lowest BCUT2D eigenvalue weighted by atomic mass is 10.0. The van der Waals surface area contributed by atoms with E-state index in [4.69, 9.17) is 17.0 Å². The predicted molar refractivity (Wildman–Crippen MR) is 84.6 cm³/mol. The summed E-state index contributed by atoms with van der Waals surface area (Å²) in [7, 11) is 0. The summed E-state index contributed by atoms with van der Waals surface area (Å²) in [6.07, 6.45) is 3.01. The number of carbonyl (C=O) groups is 1. The van der Waals surface area contributed by atoms with Gasteiger partial charge in [0.15, 0.2) is 5.78 Å². The Morgan fingerprint density at radius 2 is 2.24 bits per heavy atom. The highest BCUT2D eigenvalue weighted by molar-refractivity contribution is 8.19. The molecule has 3 nitrogen and oxygen atoms in total. The number of rotatable bonds is 2. The van der Waals surface area contributed by atoms with E-state index in [-0.39, 0.29) is 21.4 Å². The number of aromatic nitrogens is 1. The normalized spacial score (nSPS) is 20.5. The average molecular weight is 339 g/mol. The van der Waals surface area contributed by atoms with Crippen molar-refractivity contribution in [2.45, 2.75) is 5.92 Å². The van der Waals surface area contributed by atoms with Crippen LogP contribution in [0.25, 0.3) is 6.08 Å². The third-order valence-electron chi connectivity index (χ3n) is 2.96. The monoisotopic (exact) mass is 338 g/mol. The quantitative estimate of drug-likeness (QED) is 0.828. The van der Waals surface area contributed by atoms with Crippen LogP contribution in [0.2, 0.25) is 5.02 Å². The molecule has 2 aromatic rings. The molecule has 0 aliphatic carbocycles. The smallest absolute Gasteiger partial charge is 0.186 e. The molecule has 1 aromatic heterocycles. The van der Waals surface area contributed by atoms with Gasteiger partial charge in [-0.15, -0.1) is 11.3 Å². The van der Waals surface area contributed by atoms with Gasteiger partial charge in [0.05, 0.1) is 15.0 Å². The Morgan fingerprint density at radius 1 is 1.43 bits per heavy atom. The lowest BCUT2D eigenvalue weighted by molar-refractivity contribution is -0.114. The van der Waals surface area contributed by atoms with Crippen LogP contribution in [0, 0.1) is 11.2 Å². The molecule has 0 bridgehead atoms. The molecule has 7 heteroatoms. The van der Waals surface area contributed by atoms with Crippen molar-refractivity contribution in [2.75, 3.05) is 0 Å². The van der Waals surface area contributed by atoms with Crippen molar-refractivity contribution in [3.63, 3.8) is 0 Å². The van der Waals surface area contributed by atoms with E-state index in [2.05, 4.69) is 4.98 Å². The number of hydrogen-bond acceptors (Lipinski definition) is 5. The second-order valence-electron chi connectivity index (χ2n) is 4.28. The zero-order valence-corrected chi connectivity index (χ0v) is 12.9. The van der Waals surface area contributed by atoms with E-state index in [0.717, 1.165) is 11.8 Å². The summed E-state index contributed by atoms with van der Waals surface area (Å²) in [4.78, 5) is 16.8. The Bertz CT molecular complexity index is 738. The summed E-state index contributed by atoms with van der Waals surface area (Å²) < 4.78 is 13.8. The highest BCUT2D eigenvalue weighted by Gasteiger charge is 2.38. The average Bonchev–Trinajstić information content (AvgIpc) is 3.03. The molecule has 2 heterocycles. The van der Waals surface area contributed by atoms with Gasteiger partial charge in [-0.05, 0) is 18.2 Å². The second-order valence-corrected chi connectivity index (χ2v) is 6.69. The van der Waals surface area contributed by atoms with Crippen molar-refractivity contribution in [1.82, 2.24) is 4.98 Å². The molecule has 21 heavy (non-hydrogen) atoms. The van der Waals surface area contributed by atoms with Crippen LogP contribution in [0.4, 0.5) is 4.39 Å². The molecule has 1 aromatic carbocycles. The Morgan fingerprint density at radius 3 is 2.90 bits per heavy atom. The molecule has 1 aliphatic heterocycles. The first kappa shape index (κ1) is 14.4. The third-order valence-corrected chi connectivity index (χ3v) is 5.13. The fourth-order valence-corrected chi connectivity index (χ4v) is 3.98. The molecule has 1 fully saturated rings. The van der Waals surface area contributed by atoms with Gasteiger partial charge in [0.1, 0.15) is 16.7 Å². The molecule has 0 radical (unpaired) electrons. The van der Waals surface area contributed by atoms with E-state index < -0.39 is 11.7 Å². The maximum Gasteiger partial charge on any atom is 0.186 e. The van der Waals surface area contributed by atoms with Crippen LogP contribution in [0.15, 0.2) is 34.7 Å². The van der Waals surface area contributed by atoms with Gasteiger partial charge in [0.2, 0.25) is 0 Å². The van der Waals surface area contributed by atoms with Crippen LogP contribution < -0.4 is 0 Å². The highest BCUT2D eigenvalue weighted by Crippen LogP contribution is 2.41. The third kappa shape index (κ3) is 2.66. The van der Waals surface area contributed by atoms with Gasteiger partial charge in [0, 0.05) is 17.1 Å². The second kappa shape index (κ2) is 5.71. The van der Waals surface area contributed by atoms with Gasteiger partial charge < -0.3 is 0 Å². The maximum absolute atomic E-state index is 13.8. The molecule has 106 valence electrons. The first-order valence-corrected chi connectivity index (χ1v) is 8.01. The van der Waals surface area contributed by atoms with E-state index in [1.165, 1.54) is 29.5 Å². The number of benzene rings is 1. The van der Waals surface area contributed by atoms with Gasteiger partial charge in [-0.2, -0.15) is 0 Å². The fraction of sp³-hybridized carbons (Fsp3) is 0.0714. The lowest BCUT2D eigenvalue weighted by Crippen LogP contribution is -2.11. The van der Waals surface area contributed by atoms with Crippen LogP contribution in [0.1, 0.15) is 16.5 Å². The van der Waals surface area contributed by atoms with Gasteiger partial charge in [-0.3, -0.25) is 10.2 Å². The summed E-state index contributed by atoms with van der Waals surface area (Å²) in [6, 6.07) is 4.35. The zero-order chi connectivity index (χ0) is 15.0. The number of nitrogens with one attached hydrogen (secondary N) is 1. The largest absolute Gasteiger partial charge is 0.297 e. The molecule has 1 N–H and O–H groups in total. The standard InChI is InChI=1S/C14H8ClFN2OS2/c15-8-2-1-3-9(16)7(8)6-10-12(19)11(13(17)21-10)14-18-4-5-20-14/h1-6,11,17H. The SMILES string of the molecule is N=C1SC(=Cc2c(F)cccc2Cl)C(=O)C1c1nccs1. The van der Waals surface area contributed by atoms with Crippen LogP contribution in [0.3, 0.4) is 0 Å². The van der Waals surface area contributed by atoms with Crippen molar-refractivity contribution >= 4 is 51.6 Å². The van der Waals surface area contributed by atoms with Gasteiger partial charge in [-0.1, -0.05) is 29.4 Å². The molecule has 3 rings (SSSR count). The number of Topliss-reactive ketones (excluding diaryl/α,β-unsaturated/α-hetero) is 1. The molecular weight excluding hydrogens is 331 g/mol. The minimum Gasteiger partial charge on any atom is -0.297 e. The zero-order valence-electron chi connectivity index (χ0n) is 10.5. The molecule has 1 unspecified atom stereocenters. The highest BCUT2D eigenvalue weighted by atomic mass is 35.5. The topological polar surface area (TPSA) is 53.8 Å². The predicted octanol–water partition coefficient (Wildman–Crippen LogP) is 4.35. The van der Waals surface area contributed by atoms with Crippen molar-refractivity contribution < 1.29 is 9.18 Å². The number of hydrogen-bond donors (Lipinski definition) is 1. The molecule has 0 amide bonds. The minimum absolute atomic E-state index is 0.169. The van der Waals surface area contributed by atoms with Crippen molar-refractivity contribution in [1.29, 1.82) is 5.41 Å². The summed E-state index contributed by atoms with van der Waals surface area (Å²) in [5, 5.41) is 10.7. The van der Waals surface area contributed by atoms with E-state index in [0.29, 0.717) is 9.91 Å². The number of carbonyl (C=O) groups excluding carboxylic acids is 1. The van der Waals surface area contributed by atoms with Crippen LogP contribution >= 0.6 is 34.7 Å². The van der Waals surface area contributed by atoms with Crippen LogP contribution in [-0.2, 0) is 4.79 Å². The number of nitrogens with zero attached hydrogens (tertiary/aromatic N) is 1. The molecule has 1 saturated heterocycles. The maximum atomic E-state index is 13.8. The van der Waals surface area contributed by atoms with Gasteiger partial charge in [0.25, 0.3) is 0 Å². The van der Waals surface area contributed by atoms with E-state index in [1.54, 1.807) is 17.6 Å². The minimum atomic E-state index is -0.674. The van der Waals surface area contributed by atoms with Crippen LogP contribution in [0.5, 0.6) is 0 Å². The number of thioether (sulfide) groups is 1. The summed E-state index contributed by atoms with van der Waals surface area (Å²) in [5.74, 6) is -1.40. The molecular formula is C14H8ClFN2OS2. The molecule has 1 aliphatic rings. The number of thiazole rings is 1. The molecule has 0 saturated carbocycles. The van der Waals surface area contributed by atoms with Crippen molar-refractivity contribution in [3.8, 4) is 0 Å². The number of ketones is 1. The Labute approximate surface area is 133 Å². The van der Waals surface area contributed by atoms with E-state index in [1.807, 2.05) is 0 Å². The van der Waals surface area contributed by atoms with Gasteiger partial charge >= 0.3 is 0 Å². The van der Waals surface area contributed by atoms with Crippen molar-refractivity contribution in [2.24, 2.45) is 0 Å². The van der Waals surface area contributed by atoms with Crippen LogP contribution in [-0.4, -0.2) is 15.8 Å². The van der Waals surface area contributed by atoms with Crippen molar-refractivity contribution in [3.05, 3.63) is 56.1 Å². The number of allylic oxidation sites excluding steroid dienone is 1. The number of halogens is 2. The van der Waals surface area contributed by atoms with E-state index in [9.17, 15) is 9.18 Å². The molecule has 1 atom stereocenters. The summed E-state index contributed by atoms with van der Waals surface area (Å²) in [6.45, 7) is 0. The fourth-order valence-electron chi connectivity index (χ4n) is 1.97.